The minimum absolute atomic E-state index is 0.142. The maximum absolute atomic E-state index is 10.9. The van der Waals surface area contributed by atoms with E-state index in [0.717, 1.165) is 32.5 Å². The number of carbonyl (C=O) groups is 1. The van der Waals surface area contributed by atoms with Crippen molar-refractivity contribution in [1.82, 2.24) is 4.90 Å². The van der Waals surface area contributed by atoms with Crippen LogP contribution in [0.5, 0.6) is 0 Å². The van der Waals surface area contributed by atoms with Crippen LogP contribution in [-0.4, -0.2) is 29.1 Å². The Kier molecular flexibility index (Phi) is 4.59. The lowest BCUT2D eigenvalue weighted by atomic mass is 9.94. The Morgan fingerprint density at radius 3 is 2.53 bits per heavy atom. The second-order valence-electron chi connectivity index (χ2n) is 5.74. The number of carboxylic acid groups (broad SMARTS) is 1. The number of carboxylic acids is 1. The predicted molar refractivity (Wildman–Crippen MR) is 76.2 cm³/mol. The number of hydrogen-bond donors (Lipinski definition) is 1. The van der Waals surface area contributed by atoms with Gasteiger partial charge in [0.25, 0.3) is 0 Å². The fourth-order valence-electron chi connectivity index (χ4n) is 2.82. The summed E-state index contributed by atoms with van der Waals surface area (Å²) in [7, 11) is 0. The topological polar surface area (TPSA) is 40.5 Å². The average molecular weight is 261 g/mol. The molecule has 1 saturated heterocycles. The summed E-state index contributed by atoms with van der Waals surface area (Å²) in [6.45, 7) is 7.17. The Labute approximate surface area is 115 Å². The summed E-state index contributed by atoms with van der Waals surface area (Å²) in [5.74, 6) is -0.244. The highest BCUT2D eigenvalue weighted by molar-refractivity contribution is 5.70. The molecule has 1 heterocycles. The van der Waals surface area contributed by atoms with Crippen LogP contribution < -0.4 is 0 Å². The summed E-state index contributed by atoms with van der Waals surface area (Å²) in [5.41, 5.74) is 2.79. The summed E-state index contributed by atoms with van der Waals surface area (Å²) >= 11 is 0. The average Bonchev–Trinajstić information content (AvgIpc) is 2.39. The maximum atomic E-state index is 10.9. The zero-order valence-corrected chi connectivity index (χ0v) is 11.8. The molecule has 1 aromatic rings. The van der Waals surface area contributed by atoms with Gasteiger partial charge in [0.2, 0.25) is 0 Å². The van der Waals surface area contributed by atoms with Crippen LogP contribution in [0.3, 0.4) is 0 Å². The molecule has 1 aromatic carbocycles. The Balaban J connectivity index is 1.98. The summed E-state index contributed by atoms with van der Waals surface area (Å²) in [4.78, 5) is 13.3. The second kappa shape index (κ2) is 6.20. The first-order valence-electron chi connectivity index (χ1n) is 7.11. The largest absolute Gasteiger partial charge is 0.481 e. The van der Waals surface area contributed by atoms with Crippen molar-refractivity contribution in [1.29, 1.82) is 0 Å². The summed E-state index contributed by atoms with van der Waals surface area (Å²) < 4.78 is 0. The Morgan fingerprint density at radius 1 is 1.32 bits per heavy atom. The van der Waals surface area contributed by atoms with E-state index >= 15 is 0 Å². The number of nitrogens with zero attached hydrogens (tertiary/aromatic N) is 1. The van der Waals surface area contributed by atoms with E-state index in [1.807, 2.05) is 0 Å². The Bertz CT molecular complexity index is 434. The molecule has 0 unspecified atom stereocenters. The van der Waals surface area contributed by atoms with Gasteiger partial charge >= 0.3 is 5.97 Å². The van der Waals surface area contributed by atoms with E-state index in [1.54, 1.807) is 0 Å². The van der Waals surface area contributed by atoms with Gasteiger partial charge in [0.1, 0.15) is 0 Å². The minimum atomic E-state index is -0.637. The van der Waals surface area contributed by atoms with E-state index in [2.05, 4.69) is 43.0 Å². The van der Waals surface area contributed by atoms with E-state index in [4.69, 9.17) is 5.11 Å². The van der Waals surface area contributed by atoms with Gasteiger partial charge in [0.15, 0.2) is 0 Å². The van der Waals surface area contributed by atoms with Crippen LogP contribution in [0.2, 0.25) is 0 Å². The molecule has 2 rings (SSSR count). The van der Waals surface area contributed by atoms with Gasteiger partial charge in [-0.15, -0.1) is 0 Å². The third-order valence-electron chi connectivity index (χ3n) is 4.01. The van der Waals surface area contributed by atoms with E-state index in [9.17, 15) is 4.79 Å². The van der Waals surface area contributed by atoms with Crippen molar-refractivity contribution in [3.8, 4) is 0 Å². The Hall–Kier alpha value is -1.35. The number of likely N-dealkylation sites (tertiary alicyclic amines) is 1. The van der Waals surface area contributed by atoms with Gasteiger partial charge in [-0.05, 0) is 43.0 Å². The van der Waals surface area contributed by atoms with Crippen LogP contribution in [0, 0.1) is 5.92 Å². The minimum Gasteiger partial charge on any atom is -0.481 e. The number of aliphatic carboxylic acids is 1. The molecule has 0 bridgehead atoms. The lowest BCUT2D eigenvalue weighted by Gasteiger charge is -2.30. The molecular weight excluding hydrogens is 238 g/mol. The number of rotatable bonds is 4. The van der Waals surface area contributed by atoms with Crippen molar-refractivity contribution in [2.75, 3.05) is 13.1 Å². The van der Waals surface area contributed by atoms with E-state index in [1.165, 1.54) is 11.1 Å². The SMILES string of the molecule is CC(C)c1ccccc1CN1CCC(C(=O)O)CC1. The molecule has 0 aliphatic carbocycles. The molecule has 3 nitrogen and oxygen atoms in total. The molecule has 0 saturated carbocycles. The van der Waals surface area contributed by atoms with Crippen LogP contribution in [0.1, 0.15) is 43.7 Å². The molecule has 3 heteroatoms. The fraction of sp³-hybridized carbons (Fsp3) is 0.562. The van der Waals surface area contributed by atoms with Gasteiger partial charge in [0, 0.05) is 6.54 Å². The first-order valence-corrected chi connectivity index (χ1v) is 7.11. The molecule has 1 fully saturated rings. The molecular formula is C16H23NO2. The van der Waals surface area contributed by atoms with Gasteiger partial charge < -0.3 is 5.11 Å². The second-order valence-corrected chi connectivity index (χ2v) is 5.74. The van der Waals surface area contributed by atoms with Gasteiger partial charge in [-0.1, -0.05) is 38.1 Å². The van der Waals surface area contributed by atoms with Crippen molar-refractivity contribution in [3.63, 3.8) is 0 Å². The monoisotopic (exact) mass is 261 g/mol. The van der Waals surface area contributed by atoms with Gasteiger partial charge in [0.05, 0.1) is 5.92 Å². The summed E-state index contributed by atoms with van der Waals surface area (Å²) in [6.07, 6.45) is 1.55. The first kappa shape index (κ1) is 14.1. The van der Waals surface area contributed by atoms with Crippen LogP contribution in [0.25, 0.3) is 0 Å². The molecule has 19 heavy (non-hydrogen) atoms. The van der Waals surface area contributed by atoms with Gasteiger partial charge in [-0.25, -0.2) is 0 Å². The van der Waals surface area contributed by atoms with Crippen molar-refractivity contribution < 1.29 is 9.90 Å². The van der Waals surface area contributed by atoms with Crippen LogP contribution >= 0.6 is 0 Å². The normalized spacial score (nSPS) is 17.8. The lowest BCUT2D eigenvalue weighted by molar-refractivity contribution is -0.143. The van der Waals surface area contributed by atoms with Crippen molar-refractivity contribution in [2.45, 2.75) is 39.2 Å². The number of benzene rings is 1. The molecule has 0 atom stereocenters. The third kappa shape index (κ3) is 3.57. The highest BCUT2D eigenvalue weighted by Crippen LogP contribution is 2.23. The van der Waals surface area contributed by atoms with Crippen LogP contribution in [-0.2, 0) is 11.3 Å². The predicted octanol–water partition coefficient (Wildman–Crippen LogP) is 3.11. The number of hydrogen-bond acceptors (Lipinski definition) is 2. The van der Waals surface area contributed by atoms with Crippen LogP contribution in [0.4, 0.5) is 0 Å². The lowest BCUT2D eigenvalue weighted by Crippen LogP contribution is -2.36. The highest BCUT2D eigenvalue weighted by Gasteiger charge is 2.24. The standard InChI is InChI=1S/C16H23NO2/c1-12(2)15-6-4-3-5-14(15)11-17-9-7-13(8-10-17)16(18)19/h3-6,12-13H,7-11H2,1-2H3,(H,18,19). The van der Waals surface area contributed by atoms with Gasteiger partial charge in [-0.2, -0.15) is 0 Å². The molecule has 1 aliphatic rings. The van der Waals surface area contributed by atoms with Crippen molar-refractivity contribution in [3.05, 3.63) is 35.4 Å². The molecule has 1 N–H and O–H groups in total. The smallest absolute Gasteiger partial charge is 0.306 e. The molecule has 0 spiro atoms. The molecule has 1 aliphatic heterocycles. The molecule has 0 radical (unpaired) electrons. The first-order chi connectivity index (χ1) is 9.08. The molecule has 104 valence electrons. The number of piperidine rings is 1. The van der Waals surface area contributed by atoms with Crippen LogP contribution in [0.15, 0.2) is 24.3 Å². The maximum Gasteiger partial charge on any atom is 0.306 e. The van der Waals surface area contributed by atoms with Crippen molar-refractivity contribution >= 4 is 5.97 Å². The zero-order valence-electron chi connectivity index (χ0n) is 11.8. The van der Waals surface area contributed by atoms with Crippen molar-refractivity contribution in [2.24, 2.45) is 5.92 Å². The van der Waals surface area contributed by atoms with E-state index < -0.39 is 5.97 Å². The van der Waals surface area contributed by atoms with Gasteiger partial charge in [-0.3, -0.25) is 9.69 Å². The molecule has 0 amide bonds. The Morgan fingerprint density at radius 2 is 1.95 bits per heavy atom. The fourth-order valence-corrected chi connectivity index (χ4v) is 2.82. The quantitative estimate of drug-likeness (QED) is 0.905. The summed E-state index contributed by atoms with van der Waals surface area (Å²) in [6, 6.07) is 8.57. The highest BCUT2D eigenvalue weighted by atomic mass is 16.4. The van der Waals surface area contributed by atoms with E-state index in [0.29, 0.717) is 5.92 Å². The zero-order chi connectivity index (χ0) is 13.8. The van der Waals surface area contributed by atoms with E-state index in [-0.39, 0.29) is 5.92 Å². The molecule has 0 aromatic heterocycles. The third-order valence-corrected chi connectivity index (χ3v) is 4.01. The summed E-state index contributed by atoms with van der Waals surface area (Å²) in [5, 5.41) is 9.01.